The Kier molecular flexibility index (Phi) is 5.93. The predicted molar refractivity (Wildman–Crippen MR) is 97.8 cm³/mol. The van der Waals surface area contributed by atoms with Crippen LogP contribution in [0.3, 0.4) is 0 Å². The van der Waals surface area contributed by atoms with Crippen molar-refractivity contribution in [1.82, 2.24) is 20.3 Å². The van der Waals surface area contributed by atoms with E-state index in [9.17, 15) is 14.4 Å². The number of hydrogen-bond donors (Lipinski definition) is 1. The van der Waals surface area contributed by atoms with Gasteiger partial charge in [-0.25, -0.2) is 0 Å². The Bertz CT molecular complexity index is 729. The van der Waals surface area contributed by atoms with Gasteiger partial charge in [0.05, 0.1) is 11.6 Å². The highest BCUT2D eigenvalue weighted by molar-refractivity contribution is 5.91. The first kappa shape index (κ1) is 19.1. The molecule has 0 radical (unpaired) electrons. The van der Waals surface area contributed by atoms with Crippen molar-refractivity contribution in [3.8, 4) is 0 Å². The Morgan fingerprint density at radius 1 is 1.22 bits per heavy atom. The van der Waals surface area contributed by atoms with E-state index in [1.54, 1.807) is 22.8 Å². The fraction of sp³-hybridized carbons (Fsp3) is 0.579. The fourth-order valence-electron chi connectivity index (χ4n) is 3.74. The number of nitrogens with one attached hydrogen (secondary N) is 1. The topological polar surface area (TPSA) is 95.8 Å². The third kappa shape index (κ3) is 4.56. The largest absolute Gasteiger partial charge is 0.351 e. The van der Waals surface area contributed by atoms with E-state index in [0.717, 1.165) is 25.7 Å². The van der Waals surface area contributed by atoms with Gasteiger partial charge in [0.2, 0.25) is 17.6 Å². The van der Waals surface area contributed by atoms with Crippen molar-refractivity contribution in [2.75, 3.05) is 26.2 Å². The molecule has 27 heavy (non-hydrogen) atoms. The van der Waals surface area contributed by atoms with Crippen molar-refractivity contribution in [2.45, 2.75) is 38.6 Å². The maximum absolute atomic E-state index is 12.7. The van der Waals surface area contributed by atoms with Crippen LogP contribution in [0.1, 0.15) is 41.9 Å². The van der Waals surface area contributed by atoms with E-state index in [0.29, 0.717) is 31.9 Å². The number of piperidine rings is 2. The molecule has 1 aromatic rings. The first-order chi connectivity index (χ1) is 13.0. The first-order valence-corrected chi connectivity index (χ1v) is 9.42. The first-order valence-electron chi connectivity index (χ1n) is 9.42. The van der Waals surface area contributed by atoms with E-state index >= 15 is 0 Å². The highest BCUT2D eigenvalue weighted by Crippen LogP contribution is 2.19. The summed E-state index contributed by atoms with van der Waals surface area (Å²) < 4.78 is 5.06. The predicted octanol–water partition coefficient (Wildman–Crippen LogP) is 1.13. The molecule has 0 bridgehead atoms. The van der Waals surface area contributed by atoms with Crippen LogP contribution in [0.15, 0.2) is 23.2 Å². The van der Waals surface area contributed by atoms with Gasteiger partial charge in [-0.15, -0.1) is 0 Å². The molecule has 2 atom stereocenters. The lowest BCUT2D eigenvalue weighted by atomic mass is 9.96. The number of hydrogen-bond acceptors (Lipinski definition) is 5. The molecule has 1 aromatic heterocycles. The van der Waals surface area contributed by atoms with E-state index in [4.69, 9.17) is 4.52 Å². The van der Waals surface area contributed by atoms with Crippen LogP contribution in [0.2, 0.25) is 0 Å². The monoisotopic (exact) mass is 374 g/mol. The molecule has 3 amide bonds. The molecule has 0 aromatic carbocycles. The second kappa shape index (κ2) is 8.37. The van der Waals surface area contributed by atoms with Crippen molar-refractivity contribution in [2.24, 2.45) is 5.92 Å². The zero-order valence-corrected chi connectivity index (χ0v) is 15.6. The normalized spacial score (nSPS) is 23.0. The lowest BCUT2D eigenvalue weighted by molar-refractivity contribution is -0.132. The van der Waals surface area contributed by atoms with Gasteiger partial charge in [-0.1, -0.05) is 11.7 Å². The van der Waals surface area contributed by atoms with Crippen LogP contribution in [0.4, 0.5) is 0 Å². The maximum atomic E-state index is 12.7. The van der Waals surface area contributed by atoms with Crippen LogP contribution >= 0.6 is 0 Å². The molecule has 8 nitrogen and oxygen atoms in total. The van der Waals surface area contributed by atoms with Crippen LogP contribution in [-0.2, 0) is 9.59 Å². The van der Waals surface area contributed by atoms with Crippen LogP contribution in [0.5, 0.6) is 0 Å². The molecule has 3 heterocycles. The minimum atomic E-state index is -0.217. The van der Waals surface area contributed by atoms with Crippen LogP contribution in [0.25, 0.3) is 0 Å². The highest BCUT2D eigenvalue weighted by Gasteiger charge is 2.31. The number of amides is 3. The summed E-state index contributed by atoms with van der Waals surface area (Å²) in [6.07, 6.45) is 4.50. The van der Waals surface area contributed by atoms with Gasteiger partial charge in [-0.2, -0.15) is 0 Å². The second-order valence-electron chi connectivity index (χ2n) is 7.26. The molecule has 8 heteroatoms. The Hall–Kier alpha value is -2.64. The van der Waals surface area contributed by atoms with Crippen molar-refractivity contribution in [3.63, 3.8) is 0 Å². The fourth-order valence-corrected chi connectivity index (χ4v) is 3.74. The number of rotatable bonds is 4. The van der Waals surface area contributed by atoms with Gasteiger partial charge in [-0.05, 0) is 38.7 Å². The molecule has 0 saturated carbocycles. The molecule has 2 saturated heterocycles. The van der Waals surface area contributed by atoms with Gasteiger partial charge < -0.3 is 19.6 Å². The molecule has 1 N–H and O–H groups in total. The second-order valence-corrected chi connectivity index (χ2v) is 7.26. The Labute approximate surface area is 158 Å². The minimum Gasteiger partial charge on any atom is -0.351 e. The highest BCUT2D eigenvalue weighted by atomic mass is 16.5. The molecule has 1 unspecified atom stereocenters. The van der Waals surface area contributed by atoms with Crippen LogP contribution in [-0.4, -0.2) is 64.9 Å². The summed E-state index contributed by atoms with van der Waals surface area (Å²) in [5, 5.41) is 6.82. The van der Waals surface area contributed by atoms with E-state index < -0.39 is 0 Å². The quantitative estimate of drug-likeness (QED) is 0.797. The van der Waals surface area contributed by atoms with E-state index in [1.807, 2.05) is 0 Å². The zero-order valence-electron chi connectivity index (χ0n) is 15.6. The summed E-state index contributed by atoms with van der Waals surface area (Å²) in [6, 6.07) is 1.53. The Balaban J connectivity index is 1.55. The van der Waals surface area contributed by atoms with Crippen LogP contribution < -0.4 is 5.32 Å². The summed E-state index contributed by atoms with van der Waals surface area (Å²) in [4.78, 5) is 40.4. The van der Waals surface area contributed by atoms with Crippen molar-refractivity contribution in [3.05, 3.63) is 30.2 Å². The average molecular weight is 374 g/mol. The summed E-state index contributed by atoms with van der Waals surface area (Å²) >= 11 is 0. The maximum Gasteiger partial charge on any atom is 0.292 e. The third-order valence-electron chi connectivity index (χ3n) is 5.17. The van der Waals surface area contributed by atoms with Gasteiger partial charge in [0.1, 0.15) is 0 Å². The van der Waals surface area contributed by atoms with E-state index in [-0.39, 0.29) is 35.4 Å². The number of carbonyl (C=O) groups excluding carboxylic acids is 3. The summed E-state index contributed by atoms with van der Waals surface area (Å²) in [5.74, 6) is -0.374. The third-order valence-corrected chi connectivity index (χ3v) is 5.17. The minimum absolute atomic E-state index is 0.0497. The van der Waals surface area contributed by atoms with E-state index in [2.05, 4.69) is 17.1 Å². The van der Waals surface area contributed by atoms with Crippen molar-refractivity contribution in [1.29, 1.82) is 0 Å². The SMILES string of the molecule is C=CC(=O)N1CCCC(C(=O)N[C@@H]2CCCN(C(=O)c3cc(C)no3)C2)C1. The van der Waals surface area contributed by atoms with Crippen LogP contribution in [0, 0.1) is 12.8 Å². The summed E-state index contributed by atoms with van der Waals surface area (Å²) in [6.45, 7) is 7.45. The number of aromatic nitrogens is 1. The van der Waals surface area contributed by atoms with Gasteiger partial charge in [0, 0.05) is 38.3 Å². The molecule has 2 aliphatic rings. The molecule has 2 fully saturated rings. The number of likely N-dealkylation sites (tertiary alicyclic amines) is 2. The average Bonchev–Trinajstić information content (AvgIpc) is 3.13. The van der Waals surface area contributed by atoms with Crippen molar-refractivity contribution >= 4 is 17.7 Å². The lowest BCUT2D eigenvalue weighted by Crippen LogP contribution is -2.52. The summed E-state index contributed by atoms with van der Waals surface area (Å²) in [7, 11) is 0. The molecule has 0 spiro atoms. The van der Waals surface area contributed by atoms with Gasteiger partial charge in [-0.3, -0.25) is 14.4 Å². The molecule has 3 rings (SSSR count). The molecule has 2 aliphatic heterocycles. The Morgan fingerprint density at radius 2 is 1.96 bits per heavy atom. The lowest BCUT2D eigenvalue weighted by Gasteiger charge is -2.35. The molecular weight excluding hydrogens is 348 g/mol. The van der Waals surface area contributed by atoms with Crippen molar-refractivity contribution < 1.29 is 18.9 Å². The summed E-state index contributed by atoms with van der Waals surface area (Å²) in [5.41, 5.74) is 0.663. The number of carbonyl (C=O) groups is 3. The standard InChI is InChI=1S/C19H26N4O4/c1-3-17(24)22-8-4-6-14(11-22)18(25)20-15-7-5-9-23(12-15)19(26)16-10-13(2)21-27-16/h3,10,14-15H,1,4-9,11-12H2,2H3,(H,20,25)/t14?,15-/m1/s1. The zero-order chi connectivity index (χ0) is 19.4. The number of aryl methyl sites for hydroxylation is 1. The molecular formula is C19H26N4O4. The smallest absolute Gasteiger partial charge is 0.292 e. The van der Waals surface area contributed by atoms with Gasteiger partial charge in [0.25, 0.3) is 5.91 Å². The van der Waals surface area contributed by atoms with Gasteiger partial charge in [0.15, 0.2) is 0 Å². The van der Waals surface area contributed by atoms with Gasteiger partial charge >= 0.3 is 0 Å². The Morgan fingerprint density at radius 3 is 2.67 bits per heavy atom. The molecule has 146 valence electrons. The van der Waals surface area contributed by atoms with E-state index in [1.165, 1.54) is 6.08 Å². The molecule has 0 aliphatic carbocycles. The number of nitrogens with zero attached hydrogens (tertiary/aromatic N) is 3.